The molecule has 1 aromatic heterocycles. The van der Waals surface area contributed by atoms with Crippen molar-refractivity contribution in [1.82, 2.24) is 9.47 Å². The standard InChI is InChI=1S/C19H24N2O/c1-2-19-9-5-10-20-11-8-14-13-6-3-4-7-15(13)21(16(22)12-19)17(14)18(19)20/h3-4,6-7,16,18,22H,2,5,8-12H2,1H3/t16-,18?,19?/m1/s1. The van der Waals surface area contributed by atoms with Gasteiger partial charge in [-0.3, -0.25) is 4.90 Å². The second kappa shape index (κ2) is 4.36. The van der Waals surface area contributed by atoms with Gasteiger partial charge in [0.25, 0.3) is 0 Å². The highest BCUT2D eigenvalue weighted by Crippen LogP contribution is 2.59. The van der Waals surface area contributed by atoms with Crippen LogP contribution in [-0.4, -0.2) is 27.7 Å². The van der Waals surface area contributed by atoms with Crippen LogP contribution in [-0.2, 0) is 6.42 Å². The fraction of sp³-hybridized carbons (Fsp3) is 0.579. The van der Waals surface area contributed by atoms with E-state index in [-0.39, 0.29) is 11.6 Å². The van der Waals surface area contributed by atoms with Crippen LogP contribution in [0.5, 0.6) is 0 Å². The van der Waals surface area contributed by atoms with Crippen LogP contribution in [0.2, 0.25) is 0 Å². The van der Waals surface area contributed by atoms with Crippen LogP contribution in [0.15, 0.2) is 24.3 Å². The Morgan fingerprint density at radius 3 is 3.00 bits per heavy atom. The molecule has 0 saturated carbocycles. The van der Waals surface area contributed by atoms with Gasteiger partial charge >= 0.3 is 0 Å². The summed E-state index contributed by atoms with van der Waals surface area (Å²) in [5, 5.41) is 12.3. The molecule has 116 valence electrons. The van der Waals surface area contributed by atoms with Crippen LogP contribution in [0.1, 0.15) is 56.1 Å². The molecular formula is C19H24N2O. The Morgan fingerprint density at radius 1 is 1.27 bits per heavy atom. The monoisotopic (exact) mass is 296 g/mol. The maximum absolute atomic E-state index is 11.0. The summed E-state index contributed by atoms with van der Waals surface area (Å²) in [5.74, 6) is 0. The van der Waals surface area contributed by atoms with E-state index in [9.17, 15) is 5.11 Å². The molecule has 3 nitrogen and oxygen atoms in total. The number of rotatable bonds is 1. The molecule has 2 aromatic rings. The Bertz CT molecular complexity index is 749. The fourth-order valence-electron chi connectivity index (χ4n) is 5.66. The minimum Gasteiger partial charge on any atom is -0.373 e. The van der Waals surface area contributed by atoms with Crippen LogP contribution in [0, 0.1) is 5.41 Å². The third-order valence-electron chi connectivity index (χ3n) is 6.62. The van der Waals surface area contributed by atoms with Gasteiger partial charge in [-0.1, -0.05) is 25.1 Å². The Balaban J connectivity index is 1.85. The van der Waals surface area contributed by atoms with E-state index in [2.05, 4.69) is 40.7 Å². The lowest BCUT2D eigenvalue weighted by atomic mass is 9.64. The van der Waals surface area contributed by atoms with Gasteiger partial charge < -0.3 is 9.67 Å². The molecule has 5 rings (SSSR count). The summed E-state index contributed by atoms with van der Waals surface area (Å²) < 4.78 is 2.26. The predicted octanol–water partition coefficient (Wildman–Crippen LogP) is 3.63. The first kappa shape index (κ1) is 13.1. The van der Waals surface area contributed by atoms with Crippen LogP contribution < -0.4 is 0 Å². The molecule has 4 heterocycles. The average Bonchev–Trinajstić information content (AvgIpc) is 2.89. The van der Waals surface area contributed by atoms with E-state index < -0.39 is 0 Å². The molecule has 3 aliphatic heterocycles. The van der Waals surface area contributed by atoms with E-state index in [0.29, 0.717) is 6.04 Å². The minimum atomic E-state index is -0.358. The van der Waals surface area contributed by atoms with Crippen molar-refractivity contribution in [2.45, 2.75) is 51.3 Å². The number of hydrogen-bond donors (Lipinski definition) is 1. The first-order valence-electron chi connectivity index (χ1n) is 8.79. The summed E-state index contributed by atoms with van der Waals surface area (Å²) in [4.78, 5) is 2.70. The van der Waals surface area contributed by atoms with E-state index in [1.165, 1.54) is 54.5 Å². The number of aliphatic hydroxyl groups is 1. The molecule has 0 bridgehead atoms. The second-order valence-electron chi connectivity index (χ2n) is 7.44. The van der Waals surface area contributed by atoms with Crippen molar-refractivity contribution in [2.75, 3.05) is 13.1 Å². The molecule has 1 fully saturated rings. The highest BCUT2D eigenvalue weighted by Gasteiger charge is 2.52. The zero-order chi connectivity index (χ0) is 14.9. The number of aliphatic hydroxyl groups excluding tert-OH is 1. The van der Waals surface area contributed by atoms with E-state index in [4.69, 9.17) is 0 Å². The number of benzene rings is 1. The molecule has 22 heavy (non-hydrogen) atoms. The Kier molecular flexibility index (Phi) is 2.61. The smallest absolute Gasteiger partial charge is 0.131 e. The largest absolute Gasteiger partial charge is 0.373 e. The molecular weight excluding hydrogens is 272 g/mol. The quantitative estimate of drug-likeness (QED) is 0.870. The summed E-state index contributed by atoms with van der Waals surface area (Å²) in [7, 11) is 0. The van der Waals surface area contributed by atoms with E-state index in [0.717, 1.165) is 12.8 Å². The zero-order valence-electron chi connectivity index (χ0n) is 13.3. The average molecular weight is 296 g/mol. The molecule has 0 amide bonds. The van der Waals surface area contributed by atoms with Gasteiger partial charge in [-0.05, 0) is 55.7 Å². The molecule has 0 radical (unpaired) electrons. The Labute approximate surface area is 131 Å². The number of hydrogen-bond acceptors (Lipinski definition) is 2. The number of aromatic nitrogens is 1. The number of para-hydroxylation sites is 1. The number of fused-ring (bicyclic) bond motifs is 3. The number of piperidine rings is 1. The molecule has 0 spiro atoms. The second-order valence-corrected chi connectivity index (χ2v) is 7.44. The summed E-state index contributed by atoms with van der Waals surface area (Å²) >= 11 is 0. The minimum absolute atomic E-state index is 0.275. The van der Waals surface area contributed by atoms with Gasteiger partial charge in [0.1, 0.15) is 6.23 Å². The summed E-state index contributed by atoms with van der Waals surface area (Å²) in [6.07, 6.45) is 5.41. The maximum atomic E-state index is 11.0. The molecule has 1 aromatic carbocycles. The van der Waals surface area contributed by atoms with Gasteiger partial charge in [0.15, 0.2) is 0 Å². The van der Waals surface area contributed by atoms with Crippen molar-refractivity contribution >= 4 is 10.9 Å². The topological polar surface area (TPSA) is 28.4 Å². The SMILES string of the molecule is CCC12CCCN3CCc4c(n(c5ccccc45)[C@H](O)C1)C32. The lowest BCUT2D eigenvalue weighted by molar-refractivity contribution is -0.0791. The Morgan fingerprint density at radius 2 is 2.14 bits per heavy atom. The number of nitrogens with zero attached hydrogens (tertiary/aromatic N) is 2. The summed E-state index contributed by atoms with van der Waals surface area (Å²) in [5.41, 5.74) is 4.46. The first-order valence-corrected chi connectivity index (χ1v) is 8.79. The molecule has 3 heteroatoms. The van der Waals surface area contributed by atoms with Gasteiger partial charge in [0, 0.05) is 17.6 Å². The fourth-order valence-corrected chi connectivity index (χ4v) is 5.66. The van der Waals surface area contributed by atoms with Crippen molar-refractivity contribution in [3.63, 3.8) is 0 Å². The van der Waals surface area contributed by atoms with Crippen LogP contribution >= 0.6 is 0 Å². The molecule has 0 aliphatic carbocycles. The van der Waals surface area contributed by atoms with Crippen molar-refractivity contribution in [1.29, 1.82) is 0 Å². The third kappa shape index (κ3) is 1.44. The zero-order valence-corrected chi connectivity index (χ0v) is 13.3. The van der Waals surface area contributed by atoms with Gasteiger partial charge in [-0.25, -0.2) is 0 Å². The highest BCUT2D eigenvalue weighted by molar-refractivity contribution is 5.86. The summed E-state index contributed by atoms with van der Waals surface area (Å²) in [6, 6.07) is 9.19. The van der Waals surface area contributed by atoms with E-state index in [1.54, 1.807) is 0 Å². The molecule has 3 aliphatic rings. The van der Waals surface area contributed by atoms with Gasteiger partial charge in [0.05, 0.1) is 11.6 Å². The van der Waals surface area contributed by atoms with E-state index in [1.807, 2.05) is 0 Å². The molecule has 1 saturated heterocycles. The lowest BCUT2D eigenvalue weighted by Gasteiger charge is -2.56. The Hall–Kier alpha value is -1.32. The van der Waals surface area contributed by atoms with Crippen molar-refractivity contribution in [2.24, 2.45) is 5.41 Å². The normalized spacial score (nSPS) is 33.9. The summed E-state index contributed by atoms with van der Waals surface area (Å²) in [6.45, 7) is 4.73. The van der Waals surface area contributed by atoms with E-state index >= 15 is 0 Å². The van der Waals surface area contributed by atoms with Gasteiger partial charge in [-0.15, -0.1) is 0 Å². The maximum Gasteiger partial charge on any atom is 0.131 e. The van der Waals surface area contributed by atoms with Crippen LogP contribution in [0.4, 0.5) is 0 Å². The van der Waals surface area contributed by atoms with Crippen molar-refractivity contribution in [3.8, 4) is 0 Å². The van der Waals surface area contributed by atoms with Crippen LogP contribution in [0.25, 0.3) is 10.9 Å². The van der Waals surface area contributed by atoms with Gasteiger partial charge in [-0.2, -0.15) is 0 Å². The van der Waals surface area contributed by atoms with Gasteiger partial charge in [0.2, 0.25) is 0 Å². The molecule has 3 atom stereocenters. The first-order chi connectivity index (χ1) is 10.7. The van der Waals surface area contributed by atoms with Crippen molar-refractivity contribution in [3.05, 3.63) is 35.5 Å². The van der Waals surface area contributed by atoms with Crippen molar-refractivity contribution < 1.29 is 5.11 Å². The van der Waals surface area contributed by atoms with Crippen LogP contribution in [0.3, 0.4) is 0 Å². The molecule has 1 N–H and O–H groups in total. The third-order valence-corrected chi connectivity index (χ3v) is 6.62. The highest BCUT2D eigenvalue weighted by atomic mass is 16.3. The lowest BCUT2D eigenvalue weighted by Crippen LogP contribution is -2.53. The molecule has 2 unspecified atom stereocenters. The predicted molar refractivity (Wildman–Crippen MR) is 87.8 cm³/mol.